The highest BCUT2D eigenvalue weighted by atomic mass is 16.3. The van der Waals surface area contributed by atoms with Crippen LogP contribution in [0.4, 0.5) is 0 Å². The third kappa shape index (κ3) is 2.18. The Morgan fingerprint density at radius 1 is 1.58 bits per heavy atom. The van der Waals surface area contributed by atoms with Gasteiger partial charge in [0, 0.05) is 0 Å². The van der Waals surface area contributed by atoms with Crippen LogP contribution in [0.2, 0.25) is 0 Å². The molecule has 1 rings (SSSR count). The Hall–Kier alpha value is -0.630. The molecule has 1 fully saturated rings. The van der Waals surface area contributed by atoms with Crippen molar-refractivity contribution in [3.05, 3.63) is 12.2 Å². The predicted molar refractivity (Wildman–Crippen MR) is 47.8 cm³/mol. The zero-order valence-corrected chi connectivity index (χ0v) is 7.55. The molecule has 2 heteroatoms. The van der Waals surface area contributed by atoms with E-state index < -0.39 is 5.60 Å². The molecule has 2 nitrogen and oxygen atoms in total. The Labute approximate surface area is 73.3 Å². The molecule has 0 unspecified atom stereocenters. The van der Waals surface area contributed by atoms with E-state index in [1.54, 1.807) is 0 Å². The fourth-order valence-electron chi connectivity index (χ4n) is 1.71. The van der Waals surface area contributed by atoms with Crippen molar-refractivity contribution in [2.24, 2.45) is 5.92 Å². The quantitative estimate of drug-likeness (QED) is 0.503. The summed E-state index contributed by atoms with van der Waals surface area (Å²) in [6.45, 7) is 5.55. The summed E-state index contributed by atoms with van der Waals surface area (Å²) in [5.41, 5.74) is 0.171. The molecule has 0 heterocycles. The van der Waals surface area contributed by atoms with Gasteiger partial charge in [0.2, 0.25) is 0 Å². The molecule has 0 amide bonds. The topological polar surface area (TPSA) is 37.3 Å². The number of carbonyl (C=O) groups excluding carboxylic acids is 1. The fraction of sp³-hybridized carbons (Fsp3) is 0.700. The summed E-state index contributed by atoms with van der Waals surface area (Å²) in [5.74, 6) is 0.308. The minimum absolute atomic E-state index is 0.308. The fourth-order valence-corrected chi connectivity index (χ4v) is 1.71. The molecule has 0 radical (unpaired) electrons. The first-order valence-corrected chi connectivity index (χ1v) is 4.41. The van der Waals surface area contributed by atoms with E-state index in [-0.39, 0.29) is 0 Å². The molecule has 0 aromatic rings. The van der Waals surface area contributed by atoms with Crippen LogP contribution in [0.1, 0.15) is 32.6 Å². The van der Waals surface area contributed by atoms with Crippen LogP contribution in [0.5, 0.6) is 0 Å². The van der Waals surface area contributed by atoms with E-state index in [0.29, 0.717) is 11.5 Å². The van der Waals surface area contributed by atoms with Crippen molar-refractivity contribution < 1.29 is 9.90 Å². The zero-order chi connectivity index (χ0) is 9.19. The van der Waals surface area contributed by atoms with Crippen molar-refractivity contribution in [2.75, 3.05) is 0 Å². The maximum Gasteiger partial charge on any atom is 0.145 e. The summed E-state index contributed by atoms with van der Waals surface area (Å²) >= 11 is 0. The number of hydrogen-bond acceptors (Lipinski definition) is 2. The van der Waals surface area contributed by atoms with E-state index in [2.05, 4.69) is 6.58 Å². The van der Waals surface area contributed by atoms with Crippen molar-refractivity contribution in [1.82, 2.24) is 0 Å². The van der Waals surface area contributed by atoms with Crippen LogP contribution in [-0.2, 0) is 4.79 Å². The van der Waals surface area contributed by atoms with Crippen LogP contribution in [0.3, 0.4) is 0 Å². The van der Waals surface area contributed by atoms with Crippen molar-refractivity contribution in [3.8, 4) is 0 Å². The molecule has 0 atom stereocenters. The van der Waals surface area contributed by atoms with Gasteiger partial charge in [0.25, 0.3) is 0 Å². The summed E-state index contributed by atoms with van der Waals surface area (Å²) < 4.78 is 0. The lowest BCUT2D eigenvalue weighted by atomic mass is 9.77. The van der Waals surface area contributed by atoms with Gasteiger partial charge in [-0.25, -0.2) is 0 Å². The van der Waals surface area contributed by atoms with E-state index in [4.69, 9.17) is 0 Å². The Morgan fingerprint density at radius 2 is 2.08 bits per heavy atom. The first kappa shape index (κ1) is 9.46. The number of hydrogen-bond donors (Lipinski definition) is 1. The lowest BCUT2D eigenvalue weighted by molar-refractivity contribution is -0.105. The molecule has 0 aromatic carbocycles. The van der Waals surface area contributed by atoms with E-state index >= 15 is 0 Å². The maximum atomic E-state index is 10.4. The van der Waals surface area contributed by atoms with Gasteiger partial charge in [-0.1, -0.05) is 6.58 Å². The highest BCUT2D eigenvalue weighted by Crippen LogP contribution is 2.34. The highest BCUT2D eigenvalue weighted by molar-refractivity contribution is 5.72. The molecule has 0 saturated heterocycles. The highest BCUT2D eigenvalue weighted by Gasteiger charge is 2.29. The molecule has 1 N–H and O–H groups in total. The van der Waals surface area contributed by atoms with Crippen LogP contribution in [0, 0.1) is 5.92 Å². The van der Waals surface area contributed by atoms with Crippen LogP contribution in [-0.4, -0.2) is 17.0 Å². The molecular weight excluding hydrogens is 152 g/mol. The second-order valence-electron chi connectivity index (χ2n) is 3.96. The average Bonchev–Trinajstić information content (AvgIpc) is 2.03. The van der Waals surface area contributed by atoms with Gasteiger partial charge < -0.3 is 5.11 Å². The number of aldehydes is 1. The number of aliphatic hydroxyl groups is 1. The SMILES string of the molecule is C=C(C=O)C1CCC(C)(O)CC1. The van der Waals surface area contributed by atoms with Crippen LogP contribution in [0.25, 0.3) is 0 Å². The van der Waals surface area contributed by atoms with Gasteiger partial charge in [0.15, 0.2) is 0 Å². The van der Waals surface area contributed by atoms with Gasteiger partial charge in [-0.05, 0) is 44.1 Å². The van der Waals surface area contributed by atoms with E-state index in [1.165, 1.54) is 0 Å². The van der Waals surface area contributed by atoms with Crippen LogP contribution in [0.15, 0.2) is 12.2 Å². The van der Waals surface area contributed by atoms with Crippen molar-refractivity contribution in [2.45, 2.75) is 38.2 Å². The summed E-state index contributed by atoms with van der Waals surface area (Å²) in [4.78, 5) is 10.4. The van der Waals surface area contributed by atoms with Gasteiger partial charge in [0.05, 0.1) is 5.60 Å². The Kier molecular flexibility index (Phi) is 2.68. The normalized spacial score (nSPS) is 36.0. The molecule has 0 aliphatic heterocycles. The molecule has 12 heavy (non-hydrogen) atoms. The Bertz CT molecular complexity index is 184. The number of allylic oxidation sites excluding steroid dienone is 1. The van der Waals surface area contributed by atoms with Crippen molar-refractivity contribution in [1.29, 1.82) is 0 Å². The number of rotatable bonds is 2. The van der Waals surface area contributed by atoms with Crippen LogP contribution >= 0.6 is 0 Å². The van der Waals surface area contributed by atoms with Gasteiger partial charge in [-0.2, -0.15) is 0 Å². The van der Waals surface area contributed by atoms with Gasteiger partial charge in [-0.3, -0.25) is 4.79 Å². The van der Waals surface area contributed by atoms with Crippen molar-refractivity contribution in [3.63, 3.8) is 0 Å². The van der Waals surface area contributed by atoms with Gasteiger partial charge in [-0.15, -0.1) is 0 Å². The third-order valence-electron chi connectivity index (χ3n) is 2.74. The first-order valence-electron chi connectivity index (χ1n) is 4.41. The van der Waals surface area contributed by atoms with Crippen LogP contribution < -0.4 is 0 Å². The minimum Gasteiger partial charge on any atom is -0.390 e. The maximum absolute atomic E-state index is 10.4. The second kappa shape index (κ2) is 3.40. The Balaban J connectivity index is 2.46. The largest absolute Gasteiger partial charge is 0.390 e. The first-order chi connectivity index (χ1) is 5.55. The molecule has 0 spiro atoms. The predicted octanol–water partition coefficient (Wildman–Crippen LogP) is 1.68. The van der Waals surface area contributed by atoms with E-state index in [0.717, 1.165) is 32.0 Å². The van der Waals surface area contributed by atoms with E-state index in [9.17, 15) is 9.90 Å². The summed E-state index contributed by atoms with van der Waals surface area (Å²) in [5, 5.41) is 9.63. The molecule has 1 saturated carbocycles. The van der Waals surface area contributed by atoms with E-state index in [1.807, 2.05) is 6.92 Å². The van der Waals surface area contributed by atoms with Gasteiger partial charge >= 0.3 is 0 Å². The molecule has 0 aromatic heterocycles. The molecular formula is C10H16O2. The second-order valence-corrected chi connectivity index (χ2v) is 3.96. The molecule has 1 aliphatic rings. The minimum atomic E-state index is -0.514. The van der Waals surface area contributed by atoms with Crippen molar-refractivity contribution >= 4 is 6.29 Å². The zero-order valence-electron chi connectivity index (χ0n) is 7.55. The standard InChI is InChI=1S/C10H16O2/c1-8(7-11)9-3-5-10(2,12)6-4-9/h7,9,12H,1,3-6H2,2H3. The smallest absolute Gasteiger partial charge is 0.145 e. The molecule has 68 valence electrons. The Morgan fingerprint density at radius 3 is 2.50 bits per heavy atom. The summed E-state index contributed by atoms with van der Waals surface area (Å²) in [7, 11) is 0. The summed E-state index contributed by atoms with van der Waals surface area (Å²) in [6, 6.07) is 0. The monoisotopic (exact) mass is 168 g/mol. The third-order valence-corrected chi connectivity index (χ3v) is 2.74. The lowest BCUT2D eigenvalue weighted by Gasteiger charge is -2.32. The summed E-state index contributed by atoms with van der Waals surface area (Å²) in [6.07, 6.45) is 4.19. The van der Waals surface area contributed by atoms with Gasteiger partial charge in [0.1, 0.15) is 6.29 Å². The average molecular weight is 168 g/mol. The number of carbonyl (C=O) groups is 1. The molecule has 1 aliphatic carbocycles. The lowest BCUT2D eigenvalue weighted by Crippen LogP contribution is -2.30. The molecule has 0 bridgehead atoms.